The summed E-state index contributed by atoms with van der Waals surface area (Å²) in [5, 5.41) is 9.25. The molecule has 0 atom stereocenters. The molecular weight excluding hydrogens is 352 g/mol. The number of carbonyl (C=O) groups excluding carboxylic acids is 2. The second kappa shape index (κ2) is 8.26. The average molecular weight is 368 g/mol. The number of benzene rings is 1. The van der Waals surface area contributed by atoms with Crippen LogP contribution >= 0.6 is 11.8 Å². The SMILES string of the molecule is CSc1ccccc1N(C=O)CC(=O)Nc1n[nH]c(-c2ccccn2)n1. The number of nitrogens with zero attached hydrogens (tertiary/aromatic N) is 4. The second-order valence-corrected chi connectivity index (χ2v) is 6.02. The Labute approximate surface area is 154 Å². The third kappa shape index (κ3) is 4.06. The number of H-pyrrole nitrogens is 1. The molecule has 0 fully saturated rings. The van der Waals surface area contributed by atoms with Gasteiger partial charge in [-0.1, -0.05) is 18.2 Å². The Hall–Kier alpha value is -3.20. The highest BCUT2D eigenvalue weighted by atomic mass is 32.2. The van der Waals surface area contributed by atoms with E-state index in [9.17, 15) is 9.59 Å². The van der Waals surface area contributed by atoms with Crippen LogP contribution < -0.4 is 10.2 Å². The summed E-state index contributed by atoms with van der Waals surface area (Å²) in [7, 11) is 0. The minimum Gasteiger partial charge on any atom is -0.304 e. The number of nitrogens with one attached hydrogen (secondary N) is 2. The smallest absolute Gasteiger partial charge is 0.249 e. The fraction of sp³-hybridized carbons (Fsp3) is 0.118. The van der Waals surface area contributed by atoms with Gasteiger partial charge in [0.05, 0.1) is 5.69 Å². The number of hydrogen-bond acceptors (Lipinski definition) is 6. The molecule has 0 saturated carbocycles. The Morgan fingerprint density at radius 1 is 1.27 bits per heavy atom. The maximum absolute atomic E-state index is 12.3. The molecule has 3 rings (SSSR count). The van der Waals surface area contributed by atoms with Crippen LogP contribution in [0.5, 0.6) is 0 Å². The number of pyridine rings is 1. The molecule has 9 heteroatoms. The van der Waals surface area contributed by atoms with Crippen LogP contribution in [0.4, 0.5) is 11.6 Å². The molecule has 26 heavy (non-hydrogen) atoms. The zero-order chi connectivity index (χ0) is 18.4. The molecule has 0 aliphatic rings. The maximum atomic E-state index is 12.3. The van der Waals surface area contributed by atoms with E-state index in [1.54, 1.807) is 24.4 Å². The summed E-state index contributed by atoms with van der Waals surface area (Å²) in [6, 6.07) is 12.8. The number of carbonyl (C=O) groups is 2. The molecule has 1 aromatic carbocycles. The van der Waals surface area contributed by atoms with Crippen LogP contribution in [-0.2, 0) is 9.59 Å². The average Bonchev–Trinajstić information content (AvgIpc) is 3.15. The van der Waals surface area contributed by atoms with Crippen molar-refractivity contribution in [2.75, 3.05) is 23.0 Å². The van der Waals surface area contributed by atoms with Gasteiger partial charge in [-0.05, 0) is 30.5 Å². The first-order valence-corrected chi connectivity index (χ1v) is 8.92. The fourth-order valence-electron chi connectivity index (χ4n) is 2.30. The Morgan fingerprint density at radius 2 is 2.08 bits per heavy atom. The van der Waals surface area contributed by atoms with E-state index in [1.165, 1.54) is 16.7 Å². The molecule has 0 spiro atoms. The van der Waals surface area contributed by atoms with E-state index < -0.39 is 5.91 Å². The van der Waals surface area contributed by atoms with E-state index in [2.05, 4.69) is 25.5 Å². The molecule has 132 valence electrons. The van der Waals surface area contributed by atoms with Gasteiger partial charge in [0.15, 0.2) is 5.82 Å². The van der Waals surface area contributed by atoms with Gasteiger partial charge in [0.1, 0.15) is 12.2 Å². The molecule has 0 saturated heterocycles. The quantitative estimate of drug-likeness (QED) is 0.489. The minimum atomic E-state index is -0.403. The van der Waals surface area contributed by atoms with Crippen molar-refractivity contribution < 1.29 is 9.59 Å². The van der Waals surface area contributed by atoms with Crippen LogP contribution in [-0.4, -0.2) is 45.3 Å². The summed E-state index contributed by atoms with van der Waals surface area (Å²) in [5.41, 5.74) is 1.29. The predicted molar refractivity (Wildman–Crippen MR) is 99.9 cm³/mol. The number of aromatic amines is 1. The first-order valence-electron chi connectivity index (χ1n) is 7.70. The van der Waals surface area contributed by atoms with E-state index in [4.69, 9.17) is 0 Å². The van der Waals surface area contributed by atoms with Crippen molar-refractivity contribution >= 4 is 35.7 Å². The molecule has 2 aromatic heterocycles. The van der Waals surface area contributed by atoms with Gasteiger partial charge in [-0.2, -0.15) is 4.98 Å². The van der Waals surface area contributed by atoms with E-state index in [1.807, 2.05) is 30.5 Å². The minimum absolute atomic E-state index is 0.125. The van der Waals surface area contributed by atoms with Crippen molar-refractivity contribution in [1.29, 1.82) is 0 Å². The molecule has 8 nitrogen and oxygen atoms in total. The first-order chi connectivity index (χ1) is 12.7. The topological polar surface area (TPSA) is 104 Å². The van der Waals surface area contributed by atoms with Crippen LogP contribution in [0, 0.1) is 0 Å². The summed E-state index contributed by atoms with van der Waals surface area (Å²) < 4.78 is 0. The lowest BCUT2D eigenvalue weighted by Gasteiger charge is -2.19. The van der Waals surface area contributed by atoms with Gasteiger partial charge in [-0.15, -0.1) is 16.9 Å². The molecule has 2 amide bonds. The van der Waals surface area contributed by atoms with Crippen LogP contribution in [0.25, 0.3) is 11.5 Å². The molecule has 0 aliphatic heterocycles. The van der Waals surface area contributed by atoms with Crippen molar-refractivity contribution in [1.82, 2.24) is 20.2 Å². The third-order valence-corrected chi connectivity index (χ3v) is 4.26. The maximum Gasteiger partial charge on any atom is 0.249 e. The number of hydrogen-bond donors (Lipinski definition) is 2. The standard InChI is InChI=1S/C17H16N6O2S/c1-26-14-8-3-2-7-13(14)23(11-24)10-15(25)19-17-20-16(21-22-17)12-6-4-5-9-18-12/h2-9,11H,10H2,1H3,(H2,19,20,21,22,25). The lowest BCUT2D eigenvalue weighted by atomic mass is 10.3. The van der Waals surface area contributed by atoms with Gasteiger partial charge in [-0.3, -0.25) is 25.0 Å². The van der Waals surface area contributed by atoms with Crippen molar-refractivity contribution in [3.8, 4) is 11.5 Å². The van der Waals surface area contributed by atoms with Crippen LogP contribution in [0.15, 0.2) is 53.6 Å². The number of amides is 2. The highest BCUT2D eigenvalue weighted by Gasteiger charge is 2.16. The van der Waals surface area contributed by atoms with Gasteiger partial charge in [0.2, 0.25) is 18.3 Å². The molecule has 0 bridgehead atoms. The third-order valence-electron chi connectivity index (χ3n) is 3.48. The lowest BCUT2D eigenvalue weighted by Crippen LogP contribution is -2.32. The number of rotatable bonds is 7. The van der Waals surface area contributed by atoms with Gasteiger partial charge < -0.3 is 4.90 Å². The van der Waals surface area contributed by atoms with E-state index in [-0.39, 0.29) is 12.5 Å². The number of anilines is 2. The first kappa shape index (κ1) is 17.6. The lowest BCUT2D eigenvalue weighted by molar-refractivity contribution is -0.116. The molecule has 3 aromatic rings. The van der Waals surface area contributed by atoms with Gasteiger partial charge in [-0.25, -0.2) is 0 Å². The normalized spacial score (nSPS) is 10.3. The summed E-state index contributed by atoms with van der Waals surface area (Å²) >= 11 is 1.50. The molecule has 2 heterocycles. The fourth-order valence-corrected chi connectivity index (χ4v) is 2.91. The monoisotopic (exact) mass is 368 g/mol. The Kier molecular flexibility index (Phi) is 5.59. The summed E-state index contributed by atoms with van der Waals surface area (Å²) in [4.78, 5) is 34.3. The largest absolute Gasteiger partial charge is 0.304 e. The van der Waals surface area contributed by atoms with Crippen LogP contribution in [0.3, 0.4) is 0 Å². The van der Waals surface area contributed by atoms with E-state index in [0.717, 1.165) is 4.90 Å². The van der Waals surface area contributed by atoms with Crippen molar-refractivity contribution in [2.45, 2.75) is 4.90 Å². The Morgan fingerprint density at radius 3 is 2.81 bits per heavy atom. The van der Waals surface area contributed by atoms with E-state index in [0.29, 0.717) is 23.6 Å². The molecule has 0 aliphatic carbocycles. The number of aromatic nitrogens is 4. The predicted octanol–water partition coefficient (Wildman–Crippen LogP) is 2.19. The van der Waals surface area contributed by atoms with Gasteiger partial charge >= 0.3 is 0 Å². The highest BCUT2D eigenvalue weighted by molar-refractivity contribution is 7.98. The highest BCUT2D eigenvalue weighted by Crippen LogP contribution is 2.27. The summed E-state index contributed by atoms with van der Waals surface area (Å²) in [6.45, 7) is -0.144. The van der Waals surface area contributed by atoms with Crippen LogP contribution in [0.1, 0.15) is 0 Å². The van der Waals surface area contributed by atoms with Crippen molar-refractivity contribution in [3.63, 3.8) is 0 Å². The zero-order valence-corrected chi connectivity index (χ0v) is 14.7. The molecular formula is C17H16N6O2S. The number of para-hydroxylation sites is 1. The van der Waals surface area contributed by atoms with Crippen molar-refractivity contribution in [2.24, 2.45) is 0 Å². The van der Waals surface area contributed by atoms with Gasteiger partial charge in [0, 0.05) is 11.1 Å². The second-order valence-electron chi connectivity index (χ2n) is 5.18. The zero-order valence-electron chi connectivity index (χ0n) is 13.9. The molecule has 0 radical (unpaired) electrons. The number of thioether (sulfide) groups is 1. The van der Waals surface area contributed by atoms with Crippen molar-refractivity contribution in [3.05, 3.63) is 48.7 Å². The molecule has 2 N–H and O–H groups in total. The Balaban J connectivity index is 1.68. The Bertz CT molecular complexity index is 899. The summed E-state index contributed by atoms with van der Waals surface area (Å²) in [6.07, 6.45) is 4.18. The van der Waals surface area contributed by atoms with Gasteiger partial charge in [0.25, 0.3) is 0 Å². The van der Waals surface area contributed by atoms with Crippen LogP contribution in [0.2, 0.25) is 0 Å². The van der Waals surface area contributed by atoms with E-state index >= 15 is 0 Å². The molecule has 0 unspecified atom stereocenters. The summed E-state index contributed by atoms with van der Waals surface area (Å²) in [5.74, 6) is 0.167.